The van der Waals surface area contributed by atoms with Gasteiger partial charge in [0.15, 0.2) is 5.82 Å². The lowest BCUT2D eigenvalue weighted by molar-refractivity contribution is 0.421. The predicted molar refractivity (Wildman–Crippen MR) is 63.6 cm³/mol. The summed E-state index contributed by atoms with van der Waals surface area (Å²) in [6.07, 6.45) is 1.75. The Kier molecular flexibility index (Phi) is 3.72. The molecule has 0 aliphatic heterocycles. The van der Waals surface area contributed by atoms with Crippen LogP contribution in [0.15, 0.2) is 28.8 Å². The Morgan fingerprint density at radius 2 is 2.29 bits per heavy atom. The third kappa shape index (κ3) is 3.04. The number of benzene rings is 1. The Morgan fingerprint density at radius 3 is 3.06 bits per heavy atom. The number of aromatic hydroxyl groups is 1. The molecule has 17 heavy (non-hydrogen) atoms. The molecule has 1 aromatic heterocycles. The van der Waals surface area contributed by atoms with E-state index in [0.29, 0.717) is 11.7 Å². The maximum Gasteiger partial charge on any atom is 0.258 e. The van der Waals surface area contributed by atoms with Gasteiger partial charge in [-0.05, 0) is 38.2 Å². The summed E-state index contributed by atoms with van der Waals surface area (Å²) in [5, 5.41) is 16.3. The van der Waals surface area contributed by atoms with Gasteiger partial charge in [0.2, 0.25) is 0 Å². The molecule has 0 fully saturated rings. The van der Waals surface area contributed by atoms with Crippen LogP contribution in [0.1, 0.15) is 12.2 Å². The number of hydrogen-bond donors (Lipinski definition) is 2. The highest BCUT2D eigenvalue weighted by Gasteiger charge is 2.08. The first-order valence-corrected chi connectivity index (χ1v) is 5.56. The van der Waals surface area contributed by atoms with Crippen LogP contribution >= 0.6 is 0 Å². The lowest BCUT2D eigenvalue weighted by atomic mass is 10.2. The normalized spacial score (nSPS) is 10.6. The molecule has 2 aromatic rings. The molecular weight excluding hydrogens is 218 g/mol. The van der Waals surface area contributed by atoms with Crippen molar-refractivity contribution in [1.29, 1.82) is 0 Å². The number of phenols is 1. The third-order valence-electron chi connectivity index (χ3n) is 2.39. The van der Waals surface area contributed by atoms with Crippen molar-refractivity contribution >= 4 is 0 Å². The second kappa shape index (κ2) is 5.45. The molecule has 0 aliphatic carbocycles. The minimum absolute atomic E-state index is 0.192. The molecule has 2 rings (SSSR count). The first-order chi connectivity index (χ1) is 8.29. The van der Waals surface area contributed by atoms with Gasteiger partial charge in [0.05, 0.1) is 0 Å². The highest BCUT2D eigenvalue weighted by Crippen LogP contribution is 2.21. The minimum Gasteiger partial charge on any atom is -0.508 e. The van der Waals surface area contributed by atoms with E-state index in [9.17, 15) is 5.11 Å². The summed E-state index contributed by atoms with van der Waals surface area (Å²) >= 11 is 0. The summed E-state index contributed by atoms with van der Waals surface area (Å²) in [5.41, 5.74) is 0.734. The van der Waals surface area contributed by atoms with Crippen molar-refractivity contribution in [2.45, 2.75) is 12.8 Å². The van der Waals surface area contributed by atoms with Crippen LogP contribution in [0.5, 0.6) is 5.75 Å². The smallest absolute Gasteiger partial charge is 0.258 e. The van der Waals surface area contributed by atoms with Crippen LogP contribution in [0.3, 0.4) is 0 Å². The molecule has 1 heterocycles. The Morgan fingerprint density at radius 1 is 1.41 bits per heavy atom. The molecule has 0 radical (unpaired) electrons. The molecule has 0 bridgehead atoms. The summed E-state index contributed by atoms with van der Waals surface area (Å²) < 4.78 is 5.14. The number of rotatable bonds is 5. The molecule has 0 atom stereocenters. The fraction of sp³-hybridized carbons (Fsp3) is 0.333. The number of nitrogens with zero attached hydrogens (tertiary/aromatic N) is 2. The van der Waals surface area contributed by atoms with Crippen molar-refractivity contribution in [3.05, 3.63) is 30.1 Å². The van der Waals surface area contributed by atoms with Crippen LogP contribution in [0, 0.1) is 0 Å². The van der Waals surface area contributed by atoms with Gasteiger partial charge in [0.1, 0.15) is 5.75 Å². The van der Waals surface area contributed by atoms with E-state index in [2.05, 4.69) is 15.5 Å². The topological polar surface area (TPSA) is 71.2 Å². The number of aromatic nitrogens is 2. The Bertz CT molecular complexity index is 482. The van der Waals surface area contributed by atoms with Crippen LogP contribution in [-0.4, -0.2) is 28.8 Å². The average Bonchev–Trinajstić information content (AvgIpc) is 2.78. The summed E-state index contributed by atoms with van der Waals surface area (Å²) in [6.45, 7) is 0.927. The molecule has 1 aromatic carbocycles. The van der Waals surface area contributed by atoms with Crippen molar-refractivity contribution in [3.63, 3.8) is 0 Å². The SMILES string of the molecule is CNCCCc1noc(-c2cccc(O)c2)n1. The number of hydrogen-bond acceptors (Lipinski definition) is 5. The maximum absolute atomic E-state index is 9.36. The summed E-state index contributed by atoms with van der Waals surface area (Å²) in [6, 6.07) is 6.78. The van der Waals surface area contributed by atoms with Crippen LogP contribution in [-0.2, 0) is 6.42 Å². The molecule has 5 heteroatoms. The van der Waals surface area contributed by atoms with E-state index in [1.54, 1.807) is 18.2 Å². The first kappa shape index (κ1) is 11.6. The summed E-state index contributed by atoms with van der Waals surface area (Å²) in [4.78, 5) is 4.28. The van der Waals surface area contributed by atoms with Gasteiger partial charge in [-0.3, -0.25) is 0 Å². The maximum atomic E-state index is 9.36. The monoisotopic (exact) mass is 233 g/mol. The predicted octanol–water partition coefficient (Wildman–Crippen LogP) is 1.59. The first-order valence-electron chi connectivity index (χ1n) is 5.56. The van der Waals surface area contributed by atoms with Crippen molar-refractivity contribution in [1.82, 2.24) is 15.5 Å². The molecule has 0 amide bonds. The number of phenolic OH excluding ortho intramolecular Hbond substituents is 1. The molecule has 0 aliphatic rings. The van der Waals surface area contributed by atoms with Gasteiger partial charge in [-0.1, -0.05) is 11.2 Å². The fourth-order valence-corrected chi connectivity index (χ4v) is 1.53. The highest BCUT2D eigenvalue weighted by atomic mass is 16.5. The van der Waals surface area contributed by atoms with Gasteiger partial charge in [0.25, 0.3) is 5.89 Å². The van der Waals surface area contributed by atoms with Gasteiger partial charge < -0.3 is 14.9 Å². The van der Waals surface area contributed by atoms with E-state index in [4.69, 9.17) is 4.52 Å². The molecule has 0 spiro atoms. The zero-order chi connectivity index (χ0) is 12.1. The number of nitrogens with one attached hydrogen (secondary N) is 1. The van der Waals surface area contributed by atoms with E-state index in [1.165, 1.54) is 0 Å². The molecule has 5 nitrogen and oxygen atoms in total. The van der Waals surface area contributed by atoms with E-state index >= 15 is 0 Å². The largest absolute Gasteiger partial charge is 0.508 e. The quantitative estimate of drug-likeness (QED) is 0.767. The van der Waals surface area contributed by atoms with Gasteiger partial charge in [-0.2, -0.15) is 4.98 Å². The van der Waals surface area contributed by atoms with Gasteiger partial charge in [0, 0.05) is 12.0 Å². The third-order valence-corrected chi connectivity index (χ3v) is 2.39. The fourth-order valence-electron chi connectivity index (χ4n) is 1.53. The van der Waals surface area contributed by atoms with Gasteiger partial charge >= 0.3 is 0 Å². The van der Waals surface area contributed by atoms with E-state index in [0.717, 1.165) is 24.9 Å². The van der Waals surface area contributed by atoms with Crippen molar-refractivity contribution in [2.75, 3.05) is 13.6 Å². The zero-order valence-corrected chi connectivity index (χ0v) is 9.68. The van der Waals surface area contributed by atoms with E-state index < -0.39 is 0 Å². The van der Waals surface area contributed by atoms with Crippen LogP contribution in [0.25, 0.3) is 11.5 Å². The van der Waals surface area contributed by atoms with E-state index in [1.807, 2.05) is 13.1 Å². The summed E-state index contributed by atoms with van der Waals surface area (Å²) in [5.74, 6) is 1.33. The van der Waals surface area contributed by atoms with Crippen molar-refractivity contribution in [3.8, 4) is 17.2 Å². The molecule has 90 valence electrons. The molecule has 0 saturated carbocycles. The van der Waals surface area contributed by atoms with Crippen molar-refractivity contribution < 1.29 is 9.63 Å². The Balaban J connectivity index is 2.07. The number of aryl methyl sites for hydroxylation is 1. The van der Waals surface area contributed by atoms with Crippen LogP contribution < -0.4 is 5.32 Å². The van der Waals surface area contributed by atoms with E-state index in [-0.39, 0.29) is 5.75 Å². The Hall–Kier alpha value is -1.88. The second-order valence-corrected chi connectivity index (χ2v) is 3.77. The lowest BCUT2D eigenvalue weighted by Gasteiger charge is -1.95. The second-order valence-electron chi connectivity index (χ2n) is 3.77. The van der Waals surface area contributed by atoms with Gasteiger partial charge in [-0.15, -0.1) is 0 Å². The highest BCUT2D eigenvalue weighted by molar-refractivity contribution is 5.55. The minimum atomic E-state index is 0.192. The molecular formula is C12H15N3O2. The molecule has 2 N–H and O–H groups in total. The average molecular weight is 233 g/mol. The molecule has 0 unspecified atom stereocenters. The standard InChI is InChI=1S/C12H15N3O2/c1-13-7-3-6-11-14-12(17-15-11)9-4-2-5-10(16)8-9/h2,4-5,8,13,16H,3,6-7H2,1H3. The van der Waals surface area contributed by atoms with Crippen molar-refractivity contribution in [2.24, 2.45) is 0 Å². The lowest BCUT2D eigenvalue weighted by Crippen LogP contribution is -2.08. The Labute approximate surface area is 99.5 Å². The summed E-state index contributed by atoms with van der Waals surface area (Å²) in [7, 11) is 1.91. The van der Waals surface area contributed by atoms with Gasteiger partial charge in [-0.25, -0.2) is 0 Å². The van der Waals surface area contributed by atoms with Crippen LogP contribution in [0.4, 0.5) is 0 Å². The molecule has 0 saturated heterocycles. The zero-order valence-electron chi connectivity index (χ0n) is 9.68. The van der Waals surface area contributed by atoms with Crippen LogP contribution in [0.2, 0.25) is 0 Å².